The molecule has 4 nitrogen and oxygen atoms in total. The number of carbonyl (C=O) groups excluding carboxylic acids is 1. The van der Waals surface area contributed by atoms with E-state index in [2.05, 4.69) is 4.90 Å². The summed E-state index contributed by atoms with van der Waals surface area (Å²) >= 11 is 0. The molecule has 3 rings (SSSR count). The molecule has 1 aromatic rings. The average molecular weight is 289 g/mol. The Morgan fingerprint density at radius 1 is 1.19 bits per heavy atom. The number of Topliss-reactive ketones (excluding diaryl/α,β-unsaturated/α-hetero) is 1. The predicted octanol–water partition coefficient (Wildman–Crippen LogP) is 2.23. The Hall–Kier alpha value is -1.39. The summed E-state index contributed by atoms with van der Waals surface area (Å²) in [5.41, 5.74) is 3.10. The molecule has 1 aromatic carbocycles. The third-order valence-electron chi connectivity index (χ3n) is 4.23. The van der Waals surface area contributed by atoms with E-state index in [1.807, 2.05) is 19.1 Å². The van der Waals surface area contributed by atoms with E-state index in [0.29, 0.717) is 6.54 Å². The first-order valence-electron chi connectivity index (χ1n) is 7.83. The zero-order valence-corrected chi connectivity index (χ0v) is 12.7. The first kappa shape index (κ1) is 14.5. The van der Waals surface area contributed by atoms with E-state index >= 15 is 0 Å². The summed E-state index contributed by atoms with van der Waals surface area (Å²) in [6, 6.07) is 4.02. The van der Waals surface area contributed by atoms with Gasteiger partial charge in [0.2, 0.25) is 0 Å². The first-order valence-corrected chi connectivity index (χ1v) is 7.83. The van der Waals surface area contributed by atoms with E-state index in [4.69, 9.17) is 9.47 Å². The number of ketones is 1. The maximum absolute atomic E-state index is 12.5. The van der Waals surface area contributed by atoms with Crippen LogP contribution in [0, 0.1) is 6.92 Å². The summed E-state index contributed by atoms with van der Waals surface area (Å²) in [5, 5.41) is 0. The normalized spacial score (nSPS) is 19.5. The van der Waals surface area contributed by atoms with E-state index < -0.39 is 0 Å². The van der Waals surface area contributed by atoms with Gasteiger partial charge >= 0.3 is 0 Å². The van der Waals surface area contributed by atoms with Gasteiger partial charge in [-0.25, -0.2) is 0 Å². The number of hydrogen-bond donors (Lipinski definition) is 0. The lowest BCUT2D eigenvalue weighted by atomic mass is 9.99. The number of hydrogen-bond acceptors (Lipinski definition) is 4. The van der Waals surface area contributed by atoms with Crippen LogP contribution in [0.2, 0.25) is 0 Å². The van der Waals surface area contributed by atoms with Crippen molar-refractivity contribution in [1.29, 1.82) is 0 Å². The number of aryl methyl sites for hydroxylation is 2. The fraction of sp³-hybridized carbons (Fsp3) is 0.588. The minimum atomic E-state index is 0.201. The van der Waals surface area contributed by atoms with Crippen molar-refractivity contribution in [3.05, 3.63) is 28.8 Å². The van der Waals surface area contributed by atoms with Gasteiger partial charge in [0.1, 0.15) is 5.75 Å². The van der Waals surface area contributed by atoms with Crippen LogP contribution in [-0.4, -0.2) is 50.1 Å². The number of fused-ring (bicyclic) bond motifs is 1. The van der Waals surface area contributed by atoms with Crippen molar-refractivity contribution in [2.75, 3.05) is 39.5 Å². The molecular weight excluding hydrogens is 266 g/mol. The van der Waals surface area contributed by atoms with Crippen LogP contribution in [-0.2, 0) is 11.2 Å². The van der Waals surface area contributed by atoms with Crippen LogP contribution in [0.3, 0.4) is 0 Å². The molecular formula is C17H23NO3. The molecule has 0 atom stereocenters. The number of nitrogens with zero attached hydrogens (tertiary/aromatic N) is 1. The number of carbonyl (C=O) groups is 1. The lowest BCUT2D eigenvalue weighted by Crippen LogP contribution is -2.39. The molecule has 0 N–H and O–H groups in total. The Balaban J connectivity index is 1.76. The summed E-state index contributed by atoms with van der Waals surface area (Å²) in [6.07, 6.45) is 3.23. The fourth-order valence-corrected chi connectivity index (χ4v) is 3.05. The Bertz CT molecular complexity index is 521. The zero-order valence-electron chi connectivity index (χ0n) is 12.7. The average Bonchev–Trinajstić information content (AvgIpc) is 2.74. The second-order valence-corrected chi connectivity index (χ2v) is 5.90. The maximum atomic E-state index is 12.5. The van der Waals surface area contributed by atoms with Gasteiger partial charge in [0.05, 0.1) is 26.4 Å². The van der Waals surface area contributed by atoms with Crippen molar-refractivity contribution >= 4 is 5.78 Å². The molecule has 4 heteroatoms. The summed E-state index contributed by atoms with van der Waals surface area (Å²) in [4.78, 5) is 14.7. The quantitative estimate of drug-likeness (QED) is 0.800. The van der Waals surface area contributed by atoms with E-state index in [-0.39, 0.29) is 5.78 Å². The van der Waals surface area contributed by atoms with Crippen LogP contribution in [0.1, 0.15) is 34.3 Å². The van der Waals surface area contributed by atoms with Crippen LogP contribution in [0.5, 0.6) is 5.75 Å². The van der Waals surface area contributed by atoms with Gasteiger partial charge in [0, 0.05) is 18.7 Å². The zero-order chi connectivity index (χ0) is 14.7. The van der Waals surface area contributed by atoms with E-state index in [1.54, 1.807) is 0 Å². The van der Waals surface area contributed by atoms with Crippen LogP contribution in [0.25, 0.3) is 0 Å². The van der Waals surface area contributed by atoms with Crippen LogP contribution >= 0.6 is 0 Å². The summed E-state index contributed by atoms with van der Waals surface area (Å²) < 4.78 is 11.2. The molecule has 0 unspecified atom stereocenters. The summed E-state index contributed by atoms with van der Waals surface area (Å²) in [7, 11) is 0. The largest absolute Gasteiger partial charge is 0.493 e. The topological polar surface area (TPSA) is 38.8 Å². The lowest BCUT2D eigenvalue weighted by Gasteiger charge is -2.26. The van der Waals surface area contributed by atoms with Gasteiger partial charge in [-0.1, -0.05) is 0 Å². The molecule has 0 saturated carbocycles. The van der Waals surface area contributed by atoms with Crippen molar-refractivity contribution in [2.45, 2.75) is 26.2 Å². The van der Waals surface area contributed by atoms with E-state index in [0.717, 1.165) is 69.0 Å². The van der Waals surface area contributed by atoms with Gasteiger partial charge in [-0.3, -0.25) is 9.69 Å². The highest BCUT2D eigenvalue weighted by molar-refractivity contribution is 5.98. The van der Waals surface area contributed by atoms with Crippen molar-refractivity contribution in [3.63, 3.8) is 0 Å². The molecule has 0 amide bonds. The van der Waals surface area contributed by atoms with Crippen LogP contribution in [0.4, 0.5) is 0 Å². The molecule has 1 saturated heterocycles. The van der Waals surface area contributed by atoms with Crippen LogP contribution in [0.15, 0.2) is 12.1 Å². The highest BCUT2D eigenvalue weighted by Gasteiger charge is 2.19. The second kappa shape index (κ2) is 6.58. The minimum absolute atomic E-state index is 0.201. The Morgan fingerprint density at radius 3 is 2.81 bits per heavy atom. The molecule has 2 aliphatic rings. The SMILES string of the molecule is Cc1cc(C(=O)CN2CCOCC2)cc2c1OCCCC2. The van der Waals surface area contributed by atoms with Gasteiger partial charge in [0.25, 0.3) is 0 Å². The minimum Gasteiger partial charge on any atom is -0.493 e. The fourth-order valence-electron chi connectivity index (χ4n) is 3.05. The molecule has 0 aromatic heterocycles. The van der Waals surface area contributed by atoms with Gasteiger partial charge < -0.3 is 9.47 Å². The van der Waals surface area contributed by atoms with Crippen molar-refractivity contribution in [1.82, 2.24) is 4.90 Å². The summed E-state index contributed by atoms with van der Waals surface area (Å²) in [5.74, 6) is 1.20. The molecule has 2 aliphatic heterocycles. The number of rotatable bonds is 3. The van der Waals surface area contributed by atoms with Gasteiger partial charge in [0.15, 0.2) is 5.78 Å². The van der Waals surface area contributed by atoms with Crippen molar-refractivity contribution < 1.29 is 14.3 Å². The number of benzene rings is 1. The second-order valence-electron chi connectivity index (χ2n) is 5.90. The van der Waals surface area contributed by atoms with Crippen molar-refractivity contribution in [2.24, 2.45) is 0 Å². The maximum Gasteiger partial charge on any atom is 0.176 e. The third-order valence-corrected chi connectivity index (χ3v) is 4.23. The predicted molar refractivity (Wildman–Crippen MR) is 81.2 cm³/mol. The molecule has 0 spiro atoms. The Kier molecular flexibility index (Phi) is 4.56. The van der Waals surface area contributed by atoms with E-state index in [1.165, 1.54) is 5.56 Å². The monoisotopic (exact) mass is 289 g/mol. The third kappa shape index (κ3) is 3.44. The van der Waals surface area contributed by atoms with E-state index in [9.17, 15) is 4.79 Å². The lowest BCUT2D eigenvalue weighted by molar-refractivity contribution is 0.0371. The molecule has 2 heterocycles. The molecule has 21 heavy (non-hydrogen) atoms. The molecule has 114 valence electrons. The smallest absolute Gasteiger partial charge is 0.176 e. The molecule has 1 fully saturated rings. The molecule has 0 radical (unpaired) electrons. The van der Waals surface area contributed by atoms with Crippen LogP contribution < -0.4 is 4.74 Å². The van der Waals surface area contributed by atoms with Gasteiger partial charge in [-0.05, 0) is 49.4 Å². The highest BCUT2D eigenvalue weighted by Crippen LogP contribution is 2.29. The van der Waals surface area contributed by atoms with Gasteiger partial charge in [-0.15, -0.1) is 0 Å². The Morgan fingerprint density at radius 2 is 2.00 bits per heavy atom. The standard InChI is InChI=1S/C17H23NO3/c1-13-10-15(11-14-4-2-3-7-21-17(13)14)16(19)12-18-5-8-20-9-6-18/h10-11H,2-9,12H2,1H3. The summed E-state index contributed by atoms with van der Waals surface area (Å²) in [6.45, 7) is 6.46. The number of morpholine rings is 1. The number of ether oxygens (including phenoxy) is 2. The molecule has 0 bridgehead atoms. The Labute approximate surface area is 126 Å². The van der Waals surface area contributed by atoms with Crippen molar-refractivity contribution in [3.8, 4) is 5.75 Å². The first-order chi connectivity index (χ1) is 10.2. The van der Waals surface area contributed by atoms with Gasteiger partial charge in [-0.2, -0.15) is 0 Å². The molecule has 0 aliphatic carbocycles. The highest BCUT2D eigenvalue weighted by atomic mass is 16.5.